The Morgan fingerprint density at radius 1 is 1.00 bits per heavy atom. The van der Waals surface area contributed by atoms with Gasteiger partial charge in [0.2, 0.25) is 0 Å². The minimum absolute atomic E-state index is 0.233. The number of benzene rings is 2. The van der Waals surface area contributed by atoms with Crippen molar-refractivity contribution in [1.82, 2.24) is 0 Å². The number of urea groups is 1. The summed E-state index contributed by atoms with van der Waals surface area (Å²) in [5.74, 6) is 0. The third-order valence-corrected chi connectivity index (χ3v) is 3.33. The van der Waals surface area contributed by atoms with E-state index in [0.717, 1.165) is 21.8 Å². The minimum atomic E-state index is -0.233. The number of amides is 2. The molecule has 0 atom stereocenters. The quantitative estimate of drug-likeness (QED) is 0.815. The largest absolute Gasteiger partial charge is 0.323 e. The Labute approximate surface area is 117 Å². The Hall–Kier alpha value is -1.94. The van der Waals surface area contributed by atoms with Gasteiger partial charge in [0.05, 0.1) is 0 Å². The predicted molar refractivity (Wildman–Crippen MR) is 82.0 cm³/mol. The summed E-state index contributed by atoms with van der Waals surface area (Å²) in [6, 6.07) is 15.2. The third-order valence-electron chi connectivity index (χ3n) is 2.60. The highest BCUT2D eigenvalue weighted by Gasteiger charge is 2.03. The molecule has 0 aromatic heterocycles. The summed E-state index contributed by atoms with van der Waals surface area (Å²) in [6.07, 6.45) is 2.01. The summed E-state index contributed by atoms with van der Waals surface area (Å²) in [5.41, 5.74) is 2.69. The van der Waals surface area contributed by atoms with Gasteiger partial charge in [0.15, 0.2) is 0 Å². The minimum Gasteiger partial charge on any atom is -0.308 e. The maximum atomic E-state index is 11.9. The molecule has 0 heterocycles. The zero-order valence-electron chi connectivity index (χ0n) is 10.9. The lowest BCUT2D eigenvalue weighted by atomic mass is 10.2. The highest BCUT2D eigenvalue weighted by atomic mass is 32.2. The van der Waals surface area contributed by atoms with E-state index >= 15 is 0 Å². The van der Waals surface area contributed by atoms with E-state index in [1.165, 1.54) is 0 Å². The average molecular weight is 272 g/mol. The molecule has 19 heavy (non-hydrogen) atoms. The van der Waals surface area contributed by atoms with E-state index in [2.05, 4.69) is 10.6 Å². The van der Waals surface area contributed by atoms with Crippen molar-refractivity contribution >= 4 is 29.2 Å². The van der Waals surface area contributed by atoms with Crippen LogP contribution in [0.2, 0.25) is 0 Å². The topological polar surface area (TPSA) is 41.1 Å². The molecule has 0 aliphatic heterocycles. The van der Waals surface area contributed by atoms with Crippen LogP contribution in [-0.4, -0.2) is 12.3 Å². The van der Waals surface area contributed by atoms with Gasteiger partial charge >= 0.3 is 6.03 Å². The molecule has 98 valence electrons. The van der Waals surface area contributed by atoms with Crippen molar-refractivity contribution in [3.8, 4) is 0 Å². The van der Waals surface area contributed by atoms with E-state index in [0.29, 0.717) is 0 Å². The van der Waals surface area contributed by atoms with E-state index in [1.807, 2.05) is 61.7 Å². The molecule has 4 heteroatoms. The van der Waals surface area contributed by atoms with E-state index < -0.39 is 0 Å². The van der Waals surface area contributed by atoms with Crippen LogP contribution in [0.3, 0.4) is 0 Å². The van der Waals surface area contributed by atoms with Crippen LogP contribution >= 0.6 is 11.8 Å². The highest BCUT2D eigenvalue weighted by Crippen LogP contribution is 2.19. The molecule has 2 N–H and O–H groups in total. The Bertz CT molecular complexity index is 584. The van der Waals surface area contributed by atoms with Crippen LogP contribution in [0.4, 0.5) is 16.2 Å². The molecular weight excluding hydrogens is 256 g/mol. The number of carbonyl (C=O) groups excluding carboxylic acids is 1. The van der Waals surface area contributed by atoms with Crippen molar-refractivity contribution in [2.24, 2.45) is 0 Å². The highest BCUT2D eigenvalue weighted by molar-refractivity contribution is 7.98. The van der Waals surface area contributed by atoms with Gasteiger partial charge in [-0.1, -0.05) is 18.2 Å². The van der Waals surface area contributed by atoms with Gasteiger partial charge in [0, 0.05) is 16.3 Å². The van der Waals surface area contributed by atoms with Crippen molar-refractivity contribution in [3.63, 3.8) is 0 Å². The fourth-order valence-electron chi connectivity index (χ4n) is 1.72. The van der Waals surface area contributed by atoms with E-state index in [9.17, 15) is 4.79 Å². The lowest BCUT2D eigenvalue weighted by molar-refractivity contribution is 0.262. The molecule has 0 saturated carbocycles. The fraction of sp³-hybridized carbons (Fsp3) is 0.133. The number of nitrogens with one attached hydrogen (secondary N) is 2. The predicted octanol–water partition coefficient (Wildman–Crippen LogP) is 4.36. The molecule has 2 aromatic rings. The number of thioether (sulfide) groups is 1. The molecule has 0 fully saturated rings. The SMILES string of the molecule is CSc1cccc(NC(=O)Nc2cccc(C)c2)c1. The normalized spacial score (nSPS) is 10.0. The smallest absolute Gasteiger partial charge is 0.308 e. The van der Waals surface area contributed by atoms with Crippen molar-refractivity contribution in [2.45, 2.75) is 11.8 Å². The van der Waals surface area contributed by atoms with Gasteiger partial charge in [0.1, 0.15) is 0 Å². The van der Waals surface area contributed by atoms with Gasteiger partial charge in [-0.2, -0.15) is 0 Å². The Kier molecular flexibility index (Phi) is 4.47. The van der Waals surface area contributed by atoms with Crippen molar-refractivity contribution in [3.05, 3.63) is 54.1 Å². The summed E-state index contributed by atoms with van der Waals surface area (Å²) in [7, 11) is 0. The fourth-order valence-corrected chi connectivity index (χ4v) is 2.18. The molecule has 2 aromatic carbocycles. The third kappa shape index (κ3) is 4.03. The summed E-state index contributed by atoms with van der Waals surface area (Å²) in [5, 5.41) is 5.63. The van der Waals surface area contributed by atoms with Gasteiger partial charge in [-0.25, -0.2) is 4.79 Å². The van der Waals surface area contributed by atoms with Crippen molar-refractivity contribution in [2.75, 3.05) is 16.9 Å². The number of carbonyl (C=O) groups is 1. The second-order valence-electron chi connectivity index (χ2n) is 4.18. The summed E-state index contributed by atoms with van der Waals surface area (Å²) in [4.78, 5) is 13.0. The van der Waals surface area contributed by atoms with Gasteiger partial charge in [0.25, 0.3) is 0 Å². The molecule has 0 aliphatic carbocycles. The number of anilines is 2. The lowest BCUT2D eigenvalue weighted by Crippen LogP contribution is -2.19. The molecule has 0 bridgehead atoms. The van der Waals surface area contributed by atoms with Gasteiger partial charge in [-0.05, 0) is 49.1 Å². The van der Waals surface area contributed by atoms with Crippen LogP contribution in [0, 0.1) is 6.92 Å². The lowest BCUT2D eigenvalue weighted by Gasteiger charge is -2.09. The van der Waals surface area contributed by atoms with E-state index in [-0.39, 0.29) is 6.03 Å². The zero-order valence-corrected chi connectivity index (χ0v) is 11.8. The molecule has 0 spiro atoms. The van der Waals surface area contributed by atoms with E-state index in [1.54, 1.807) is 11.8 Å². The zero-order chi connectivity index (χ0) is 13.7. The van der Waals surface area contributed by atoms with Gasteiger partial charge in [-0.15, -0.1) is 11.8 Å². The number of hydrogen-bond donors (Lipinski definition) is 2. The molecule has 0 unspecified atom stereocenters. The first-order valence-electron chi connectivity index (χ1n) is 5.96. The van der Waals surface area contributed by atoms with Crippen LogP contribution in [0.5, 0.6) is 0 Å². The average Bonchev–Trinajstić information content (AvgIpc) is 2.38. The van der Waals surface area contributed by atoms with E-state index in [4.69, 9.17) is 0 Å². The van der Waals surface area contributed by atoms with Crippen LogP contribution in [-0.2, 0) is 0 Å². The maximum Gasteiger partial charge on any atom is 0.323 e. The molecule has 2 amide bonds. The van der Waals surface area contributed by atoms with Crippen LogP contribution in [0.1, 0.15) is 5.56 Å². The Morgan fingerprint density at radius 2 is 1.63 bits per heavy atom. The number of hydrogen-bond acceptors (Lipinski definition) is 2. The first-order valence-corrected chi connectivity index (χ1v) is 7.18. The first-order chi connectivity index (χ1) is 9.17. The van der Waals surface area contributed by atoms with Crippen LogP contribution < -0.4 is 10.6 Å². The second-order valence-corrected chi connectivity index (χ2v) is 5.06. The standard InChI is InChI=1S/C15H16N2OS/c1-11-5-3-6-12(9-11)16-15(18)17-13-7-4-8-14(10-13)19-2/h3-10H,1-2H3,(H2,16,17,18). The summed E-state index contributed by atoms with van der Waals surface area (Å²) < 4.78 is 0. The molecule has 3 nitrogen and oxygen atoms in total. The van der Waals surface area contributed by atoms with Gasteiger partial charge < -0.3 is 10.6 Å². The van der Waals surface area contributed by atoms with Gasteiger partial charge in [-0.3, -0.25) is 0 Å². The van der Waals surface area contributed by atoms with Crippen LogP contribution in [0.25, 0.3) is 0 Å². The first kappa shape index (κ1) is 13.5. The summed E-state index contributed by atoms with van der Waals surface area (Å²) in [6.45, 7) is 1.99. The number of rotatable bonds is 3. The molecule has 0 saturated heterocycles. The van der Waals surface area contributed by atoms with Crippen LogP contribution in [0.15, 0.2) is 53.4 Å². The maximum absolute atomic E-state index is 11.9. The summed E-state index contributed by atoms with van der Waals surface area (Å²) >= 11 is 1.64. The van der Waals surface area contributed by atoms with Crippen molar-refractivity contribution in [1.29, 1.82) is 0 Å². The monoisotopic (exact) mass is 272 g/mol. The number of aryl methyl sites for hydroxylation is 1. The Balaban J connectivity index is 2.01. The molecule has 2 rings (SSSR count). The molecule has 0 radical (unpaired) electrons. The Morgan fingerprint density at radius 3 is 2.26 bits per heavy atom. The molecular formula is C15H16N2OS. The second kappa shape index (κ2) is 6.29. The molecule has 0 aliphatic rings. The van der Waals surface area contributed by atoms with Crippen molar-refractivity contribution < 1.29 is 4.79 Å².